The van der Waals surface area contributed by atoms with Crippen molar-refractivity contribution in [3.8, 4) is 17.2 Å². The Morgan fingerprint density at radius 2 is 1.36 bits per heavy atom. The van der Waals surface area contributed by atoms with Gasteiger partial charge in [0, 0.05) is 5.92 Å². The second-order valence-corrected chi connectivity index (χ2v) is 11.3. The Hall–Kier alpha value is -3.73. The number of methoxy groups -OCH3 is 1. The summed E-state index contributed by atoms with van der Waals surface area (Å²) in [5.41, 5.74) is 2.27. The van der Waals surface area contributed by atoms with Crippen LogP contribution in [0.1, 0.15) is 75.3 Å². The van der Waals surface area contributed by atoms with E-state index in [1.807, 2.05) is 84.0 Å². The molecular formula is C31H34O5. The standard InChI is InChI=1S/C31H34O5/c1-30(2,3)22-15-19(16-23(28(22)33)31(4,5)6)25(18-11-9-8-10-12-18)26-27(32)21-17-20(35-7)13-14-24(21)36-29(26)34/h8-17,25,32-33H,1-7H3. The largest absolute Gasteiger partial charge is 0.507 e. The van der Waals surface area contributed by atoms with Crippen LogP contribution in [-0.4, -0.2) is 17.3 Å². The van der Waals surface area contributed by atoms with E-state index in [1.165, 1.54) is 0 Å². The van der Waals surface area contributed by atoms with Gasteiger partial charge in [0.05, 0.1) is 18.1 Å². The fourth-order valence-electron chi connectivity index (χ4n) is 4.70. The zero-order valence-electron chi connectivity index (χ0n) is 22.0. The van der Waals surface area contributed by atoms with Gasteiger partial charge in [0.25, 0.3) is 0 Å². The number of phenolic OH excluding ortho intramolecular Hbond substituents is 1. The summed E-state index contributed by atoms with van der Waals surface area (Å²) in [4.78, 5) is 13.4. The minimum atomic E-state index is -0.624. The molecule has 0 aliphatic heterocycles. The molecule has 0 aliphatic carbocycles. The van der Waals surface area contributed by atoms with E-state index in [1.54, 1.807) is 25.3 Å². The van der Waals surface area contributed by atoms with Crippen molar-refractivity contribution >= 4 is 11.0 Å². The molecule has 5 nitrogen and oxygen atoms in total. The highest BCUT2D eigenvalue weighted by molar-refractivity contribution is 5.86. The Balaban J connectivity index is 2.12. The molecule has 0 saturated carbocycles. The average molecular weight is 487 g/mol. The lowest BCUT2D eigenvalue weighted by Crippen LogP contribution is -2.20. The first-order valence-corrected chi connectivity index (χ1v) is 12.1. The first kappa shape index (κ1) is 25.4. The molecule has 1 aromatic heterocycles. The van der Waals surface area contributed by atoms with E-state index in [0.717, 1.165) is 22.3 Å². The van der Waals surface area contributed by atoms with Crippen LogP contribution in [0.15, 0.2) is 69.9 Å². The van der Waals surface area contributed by atoms with Crippen LogP contribution in [0.25, 0.3) is 11.0 Å². The third kappa shape index (κ3) is 4.58. The minimum Gasteiger partial charge on any atom is -0.507 e. The molecule has 4 aromatic rings. The maximum absolute atomic E-state index is 13.4. The molecule has 0 saturated heterocycles. The molecule has 4 rings (SSSR count). The molecule has 188 valence electrons. The third-order valence-electron chi connectivity index (χ3n) is 6.62. The second-order valence-electron chi connectivity index (χ2n) is 11.3. The van der Waals surface area contributed by atoms with Gasteiger partial charge in [-0.1, -0.05) is 84.0 Å². The summed E-state index contributed by atoms with van der Waals surface area (Å²) in [6.07, 6.45) is 0. The number of hydrogen-bond acceptors (Lipinski definition) is 5. The van der Waals surface area contributed by atoms with E-state index in [-0.39, 0.29) is 33.5 Å². The van der Waals surface area contributed by atoms with Crippen molar-refractivity contribution in [3.05, 3.63) is 98.9 Å². The van der Waals surface area contributed by atoms with Crippen molar-refractivity contribution in [2.24, 2.45) is 0 Å². The zero-order chi connectivity index (χ0) is 26.4. The molecule has 0 bridgehead atoms. The Kier molecular flexibility index (Phi) is 6.38. The van der Waals surface area contributed by atoms with E-state index < -0.39 is 11.5 Å². The van der Waals surface area contributed by atoms with Gasteiger partial charge in [-0.05, 0) is 51.3 Å². The van der Waals surface area contributed by atoms with Crippen molar-refractivity contribution in [2.75, 3.05) is 7.11 Å². The van der Waals surface area contributed by atoms with Crippen molar-refractivity contribution in [1.82, 2.24) is 0 Å². The van der Waals surface area contributed by atoms with Crippen LogP contribution in [0, 0.1) is 0 Å². The van der Waals surface area contributed by atoms with Crippen LogP contribution in [0.4, 0.5) is 0 Å². The van der Waals surface area contributed by atoms with Crippen LogP contribution < -0.4 is 10.4 Å². The van der Waals surface area contributed by atoms with Gasteiger partial charge in [0.15, 0.2) is 0 Å². The van der Waals surface area contributed by atoms with E-state index in [0.29, 0.717) is 11.1 Å². The summed E-state index contributed by atoms with van der Waals surface area (Å²) in [6.45, 7) is 12.3. The predicted octanol–water partition coefficient (Wildman–Crippen LogP) is 6.99. The maximum atomic E-state index is 13.4. The lowest BCUT2D eigenvalue weighted by molar-refractivity contribution is 0.413. The quantitative estimate of drug-likeness (QED) is 0.304. The highest BCUT2D eigenvalue weighted by Crippen LogP contribution is 2.45. The fourth-order valence-corrected chi connectivity index (χ4v) is 4.70. The summed E-state index contributed by atoms with van der Waals surface area (Å²) < 4.78 is 11.0. The molecule has 3 aromatic carbocycles. The highest BCUT2D eigenvalue weighted by Gasteiger charge is 2.32. The molecular weight excluding hydrogens is 452 g/mol. The minimum absolute atomic E-state index is 0.142. The number of aromatic hydroxyl groups is 2. The van der Waals surface area contributed by atoms with E-state index >= 15 is 0 Å². The summed E-state index contributed by atoms with van der Waals surface area (Å²) in [5, 5.41) is 23.2. The molecule has 1 unspecified atom stereocenters. The molecule has 36 heavy (non-hydrogen) atoms. The number of ether oxygens (including phenoxy) is 1. The van der Waals surface area contributed by atoms with Gasteiger partial charge in [-0.25, -0.2) is 4.79 Å². The summed E-state index contributed by atoms with van der Waals surface area (Å²) in [7, 11) is 1.55. The average Bonchev–Trinajstić information content (AvgIpc) is 2.81. The zero-order valence-corrected chi connectivity index (χ0v) is 22.0. The van der Waals surface area contributed by atoms with Crippen LogP contribution in [-0.2, 0) is 10.8 Å². The topological polar surface area (TPSA) is 79.9 Å². The van der Waals surface area contributed by atoms with Gasteiger partial charge in [0.2, 0.25) is 0 Å². The molecule has 0 radical (unpaired) electrons. The summed E-state index contributed by atoms with van der Waals surface area (Å²) in [5.74, 6) is 0.0335. The maximum Gasteiger partial charge on any atom is 0.344 e. The fraction of sp³-hybridized carbons (Fsp3) is 0.323. The number of rotatable bonds is 4. The Morgan fingerprint density at radius 1 is 0.778 bits per heavy atom. The molecule has 1 heterocycles. The monoisotopic (exact) mass is 486 g/mol. The molecule has 5 heteroatoms. The SMILES string of the molecule is COc1ccc2oc(=O)c(C(c3ccccc3)c3cc(C(C)(C)C)c(O)c(C(C)(C)C)c3)c(O)c2c1. The molecule has 0 aliphatic rings. The number of fused-ring (bicyclic) bond motifs is 1. The van der Waals surface area contributed by atoms with Crippen molar-refractivity contribution in [2.45, 2.75) is 58.3 Å². The van der Waals surface area contributed by atoms with Crippen molar-refractivity contribution in [3.63, 3.8) is 0 Å². The first-order chi connectivity index (χ1) is 16.8. The second kappa shape index (κ2) is 9.05. The van der Waals surface area contributed by atoms with Crippen LogP contribution in [0.3, 0.4) is 0 Å². The van der Waals surface area contributed by atoms with Crippen molar-refractivity contribution in [1.29, 1.82) is 0 Å². The van der Waals surface area contributed by atoms with Gasteiger partial charge >= 0.3 is 5.63 Å². The third-order valence-corrected chi connectivity index (χ3v) is 6.62. The molecule has 0 fully saturated rings. The molecule has 0 spiro atoms. The van der Waals surface area contributed by atoms with Gasteiger partial charge in [-0.2, -0.15) is 0 Å². The predicted molar refractivity (Wildman–Crippen MR) is 144 cm³/mol. The van der Waals surface area contributed by atoms with Gasteiger partial charge < -0.3 is 19.4 Å². The Labute approximate surface area is 212 Å². The molecule has 1 atom stereocenters. The lowest BCUT2D eigenvalue weighted by Gasteiger charge is -2.30. The molecule has 0 amide bonds. The Bertz CT molecular complexity index is 1430. The number of hydrogen-bond donors (Lipinski definition) is 2. The van der Waals surface area contributed by atoms with Crippen LogP contribution in [0.2, 0.25) is 0 Å². The van der Waals surface area contributed by atoms with Crippen molar-refractivity contribution < 1.29 is 19.4 Å². The summed E-state index contributed by atoms with van der Waals surface area (Å²) >= 11 is 0. The Morgan fingerprint density at radius 3 is 1.89 bits per heavy atom. The van der Waals surface area contributed by atoms with E-state index in [9.17, 15) is 15.0 Å². The number of phenols is 1. The smallest absolute Gasteiger partial charge is 0.344 e. The van der Waals surface area contributed by atoms with Crippen LogP contribution >= 0.6 is 0 Å². The van der Waals surface area contributed by atoms with E-state index in [2.05, 4.69) is 0 Å². The highest BCUT2D eigenvalue weighted by atomic mass is 16.5. The van der Waals surface area contributed by atoms with Gasteiger partial charge in [0.1, 0.15) is 22.8 Å². The van der Waals surface area contributed by atoms with E-state index in [4.69, 9.17) is 9.15 Å². The number of benzene rings is 3. The first-order valence-electron chi connectivity index (χ1n) is 12.1. The van der Waals surface area contributed by atoms with Gasteiger partial charge in [-0.15, -0.1) is 0 Å². The molecule has 2 N–H and O–H groups in total. The van der Waals surface area contributed by atoms with Crippen LogP contribution in [0.5, 0.6) is 17.2 Å². The van der Waals surface area contributed by atoms with Gasteiger partial charge in [-0.3, -0.25) is 0 Å². The summed E-state index contributed by atoms with van der Waals surface area (Å²) in [6, 6.07) is 18.4. The lowest BCUT2D eigenvalue weighted by atomic mass is 9.75. The normalized spacial score (nSPS) is 13.1.